The van der Waals surface area contributed by atoms with Crippen LogP contribution in [-0.4, -0.2) is 19.3 Å². The Morgan fingerprint density at radius 1 is 1.44 bits per heavy atom. The SMILES string of the molecule is N#CC(Nc1ccc(F)cc1)C1CCOC1. The summed E-state index contributed by atoms with van der Waals surface area (Å²) in [5.74, 6) is -0.0571. The van der Waals surface area contributed by atoms with E-state index in [1.54, 1.807) is 12.1 Å². The number of rotatable bonds is 3. The molecule has 0 radical (unpaired) electrons. The van der Waals surface area contributed by atoms with E-state index in [9.17, 15) is 4.39 Å². The molecule has 0 amide bonds. The van der Waals surface area contributed by atoms with Gasteiger partial charge in [-0.1, -0.05) is 0 Å². The van der Waals surface area contributed by atoms with Crippen molar-refractivity contribution in [2.45, 2.75) is 12.5 Å². The maximum atomic E-state index is 12.7. The summed E-state index contributed by atoms with van der Waals surface area (Å²) in [5, 5.41) is 12.2. The molecule has 1 fully saturated rings. The monoisotopic (exact) mass is 220 g/mol. The Balaban J connectivity index is 2.01. The van der Waals surface area contributed by atoms with Gasteiger partial charge in [0.05, 0.1) is 12.7 Å². The Kier molecular flexibility index (Phi) is 3.37. The molecule has 0 aromatic heterocycles. The van der Waals surface area contributed by atoms with Crippen molar-refractivity contribution in [1.82, 2.24) is 0 Å². The van der Waals surface area contributed by atoms with Crippen LogP contribution in [0.15, 0.2) is 24.3 Å². The number of hydrogen-bond acceptors (Lipinski definition) is 3. The quantitative estimate of drug-likeness (QED) is 0.849. The molecule has 1 N–H and O–H groups in total. The molecular formula is C12H13FN2O. The molecule has 2 rings (SSSR count). The highest BCUT2D eigenvalue weighted by atomic mass is 19.1. The number of halogens is 1. The molecule has 16 heavy (non-hydrogen) atoms. The van der Waals surface area contributed by atoms with Crippen molar-refractivity contribution in [3.05, 3.63) is 30.1 Å². The van der Waals surface area contributed by atoms with Crippen LogP contribution >= 0.6 is 0 Å². The number of ether oxygens (including phenoxy) is 1. The third-order valence-electron chi connectivity index (χ3n) is 2.74. The first-order chi connectivity index (χ1) is 7.79. The zero-order valence-corrected chi connectivity index (χ0v) is 8.82. The van der Waals surface area contributed by atoms with Gasteiger partial charge in [-0.3, -0.25) is 0 Å². The first kappa shape index (κ1) is 10.9. The molecule has 1 aromatic carbocycles. The Morgan fingerprint density at radius 2 is 2.19 bits per heavy atom. The highest BCUT2D eigenvalue weighted by molar-refractivity contribution is 5.45. The van der Waals surface area contributed by atoms with E-state index in [4.69, 9.17) is 10.00 Å². The molecule has 0 saturated carbocycles. The van der Waals surface area contributed by atoms with E-state index in [-0.39, 0.29) is 17.8 Å². The van der Waals surface area contributed by atoms with Gasteiger partial charge in [-0.2, -0.15) is 5.26 Å². The smallest absolute Gasteiger partial charge is 0.123 e. The van der Waals surface area contributed by atoms with Crippen molar-refractivity contribution in [3.63, 3.8) is 0 Å². The fraction of sp³-hybridized carbons (Fsp3) is 0.417. The van der Waals surface area contributed by atoms with Gasteiger partial charge in [-0.05, 0) is 30.7 Å². The van der Waals surface area contributed by atoms with Crippen LogP contribution in [0.1, 0.15) is 6.42 Å². The summed E-state index contributed by atoms with van der Waals surface area (Å²) < 4.78 is 17.9. The summed E-state index contributed by atoms with van der Waals surface area (Å²) in [6.07, 6.45) is 0.895. The van der Waals surface area contributed by atoms with E-state index in [0.29, 0.717) is 13.2 Å². The van der Waals surface area contributed by atoms with E-state index < -0.39 is 0 Å². The molecule has 1 saturated heterocycles. The first-order valence-electron chi connectivity index (χ1n) is 5.29. The fourth-order valence-electron chi connectivity index (χ4n) is 1.80. The number of nitrogens with zero attached hydrogens (tertiary/aromatic N) is 1. The van der Waals surface area contributed by atoms with Gasteiger partial charge in [-0.15, -0.1) is 0 Å². The highest BCUT2D eigenvalue weighted by Crippen LogP contribution is 2.20. The van der Waals surface area contributed by atoms with E-state index in [1.807, 2.05) is 0 Å². The van der Waals surface area contributed by atoms with Crippen molar-refractivity contribution in [3.8, 4) is 6.07 Å². The molecule has 0 spiro atoms. The van der Waals surface area contributed by atoms with Crippen molar-refractivity contribution in [2.75, 3.05) is 18.5 Å². The van der Waals surface area contributed by atoms with Gasteiger partial charge in [0.2, 0.25) is 0 Å². The van der Waals surface area contributed by atoms with Gasteiger partial charge in [-0.25, -0.2) is 4.39 Å². The Morgan fingerprint density at radius 3 is 2.75 bits per heavy atom. The Bertz CT molecular complexity index is 379. The summed E-state index contributed by atoms with van der Waals surface area (Å²) in [6, 6.07) is 7.97. The van der Waals surface area contributed by atoms with Crippen molar-refractivity contribution in [1.29, 1.82) is 5.26 Å². The van der Waals surface area contributed by atoms with Gasteiger partial charge >= 0.3 is 0 Å². The average Bonchev–Trinajstić information content (AvgIpc) is 2.82. The van der Waals surface area contributed by atoms with Gasteiger partial charge in [0.15, 0.2) is 0 Å². The largest absolute Gasteiger partial charge is 0.381 e. The summed E-state index contributed by atoms with van der Waals surface area (Å²) in [5.41, 5.74) is 0.764. The standard InChI is InChI=1S/C12H13FN2O/c13-10-1-3-11(4-2-10)15-12(7-14)9-5-6-16-8-9/h1-4,9,12,15H,5-6,8H2. The maximum absolute atomic E-state index is 12.7. The van der Waals surface area contributed by atoms with Crippen LogP contribution < -0.4 is 5.32 Å². The molecule has 0 aliphatic carbocycles. The van der Waals surface area contributed by atoms with Crippen LogP contribution in [0.5, 0.6) is 0 Å². The van der Waals surface area contributed by atoms with Crippen LogP contribution in [0, 0.1) is 23.1 Å². The third-order valence-corrected chi connectivity index (χ3v) is 2.74. The van der Waals surface area contributed by atoms with Crippen LogP contribution in [0.25, 0.3) is 0 Å². The number of hydrogen-bond donors (Lipinski definition) is 1. The van der Waals surface area contributed by atoms with Crippen LogP contribution in [-0.2, 0) is 4.74 Å². The average molecular weight is 220 g/mol. The lowest BCUT2D eigenvalue weighted by molar-refractivity contribution is 0.185. The summed E-state index contributed by atoms with van der Waals surface area (Å²) in [6.45, 7) is 1.33. The van der Waals surface area contributed by atoms with Crippen LogP contribution in [0.3, 0.4) is 0 Å². The second kappa shape index (κ2) is 4.95. The van der Waals surface area contributed by atoms with Gasteiger partial charge in [0.1, 0.15) is 11.9 Å². The number of benzene rings is 1. The summed E-state index contributed by atoms with van der Waals surface area (Å²) in [4.78, 5) is 0. The second-order valence-corrected chi connectivity index (χ2v) is 3.88. The molecule has 4 heteroatoms. The lowest BCUT2D eigenvalue weighted by atomic mass is 10.00. The van der Waals surface area contributed by atoms with E-state index in [1.165, 1.54) is 12.1 Å². The van der Waals surface area contributed by atoms with Crippen molar-refractivity contribution in [2.24, 2.45) is 5.92 Å². The second-order valence-electron chi connectivity index (χ2n) is 3.88. The maximum Gasteiger partial charge on any atom is 0.123 e. The molecular weight excluding hydrogens is 207 g/mol. The zero-order valence-electron chi connectivity index (χ0n) is 8.82. The Hall–Kier alpha value is -1.60. The highest BCUT2D eigenvalue weighted by Gasteiger charge is 2.25. The number of nitrogens with one attached hydrogen (secondary N) is 1. The molecule has 1 aromatic rings. The third kappa shape index (κ3) is 2.50. The fourth-order valence-corrected chi connectivity index (χ4v) is 1.80. The van der Waals surface area contributed by atoms with Gasteiger partial charge < -0.3 is 10.1 Å². The zero-order chi connectivity index (χ0) is 11.4. The minimum absolute atomic E-state index is 0.218. The Labute approximate surface area is 93.8 Å². The molecule has 1 aliphatic heterocycles. The lowest BCUT2D eigenvalue weighted by Gasteiger charge is -2.17. The van der Waals surface area contributed by atoms with E-state index in [2.05, 4.69) is 11.4 Å². The predicted molar refractivity (Wildman–Crippen MR) is 58.3 cm³/mol. The molecule has 2 unspecified atom stereocenters. The topological polar surface area (TPSA) is 45.0 Å². The predicted octanol–water partition coefficient (Wildman–Crippen LogP) is 2.17. The molecule has 84 valence electrons. The first-order valence-corrected chi connectivity index (χ1v) is 5.29. The molecule has 0 bridgehead atoms. The summed E-state index contributed by atoms with van der Waals surface area (Å²) in [7, 11) is 0. The van der Waals surface area contributed by atoms with Crippen LogP contribution in [0.4, 0.5) is 10.1 Å². The van der Waals surface area contributed by atoms with E-state index >= 15 is 0 Å². The molecule has 2 atom stereocenters. The summed E-state index contributed by atoms with van der Waals surface area (Å²) >= 11 is 0. The van der Waals surface area contributed by atoms with Crippen LogP contribution in [0.2, 0.25) is 0 Å². The van der Waals surface area contributed by atoms with Crippen molar-refractivity contribution < 1.29 is 9.13 Å². The molecule has 3 nitrogen and oxygen atoms in total. The van der Waals surface area contributed by atoms with E-state index in [0.717, 1.165) is 12.1 Å². The minimum Gasteiger partial charge on any atom is -0.381 e. The van der Waals surface area contributed by atoms with Crippen molar-refractivity contribution >= 4 is 5.69 Å². The van der Waals surface area contributed by atoms with Gasteiger partial charge in [0.25, 0.3) is 0 Å². The number of anilines is 1. The lowest BCUT2D eigenvalue weighted by Crippen LogP contribution is -2.27. The minimum atomic E-state index is -0.275. The molecule has 1 heterocycles. The normalized spacial score (nSPS) is 21.4. The molecule has 1 aliphatic rings. The number of nitriles is 1. The van der Waals surface area contributed by atoms with Gasteiger partial charge in [0, 0.05) is 18.2 Å².